The highest BCUT2D eigenvalue weighted by Crippen LogP contribution is 2.30. The minimum atomic E-state index is 0.296. The largest absolute Gasteiger partial charge is 0.497 e. The van der Waals surface area contributed by atoms with E-state index in [0.29, 0.717) is 19.0 Å². The van der Waals surface area contributed by atoms with Gasteiger partial charge >= 0.3 is 0 Å². The summed E-state index contributed by atoms with van der Waals surface area (Å²) in [6.07, 6.45) is 2.20. The number of carbonyl (C=O) groups excluding carboxylic acids is 1. The lowest BCUT2D eigenvalue weighted by Gasteiger charge is -2.34. The van der Waals surface area contributed by atoms with Crippen molar-refractivity contribution < 1.29 is 14.4 Å². The highest BCUT2D eigenvalue weighted by Gasteiger charge is 2.30. The Bertz CT molecular complexity index is 803. The number of methoxy groups -OCH3 is 1. The van der Waals surface area contributed by atoms with E-state index in [4.69, 9.17) is 4.74 Å². The van der Waals surface area contributed by atoms with Gasteiger partial charge in [0.2, 0.25) is 0 Å². The van der Waals surface area contributed by atoms with Crippen LogP contribution in [0.4, 0.5) is 0 Å². The van der Waals surface area contributed by atoms with Gasteiger partial charge in [0.25, 0.3) is 5.91 Å². The van der Waals surface area contributed by atoms with Crippen molar-refractivity contribution in [1.82, 2.24) is 9.88 Å². The van der Waals surface area contributed by atoms with Gasteiger partial charge in [0.1, 0.15) is 5.75 Å². The van der Waals surface area contributed by atoms with Gasteiger partial charge in [-0.25, -0.2) is 0 Å². The molecule has 5 heteroatoms. The number of fused-ring (bicyclic) bond motifs is 3. The second-order valence-corrected chi connectivity index (χ2v) is 8.34. The number of quaternary nitrogens is 1. The first-order valence-corrected chi connectivity index (χ1v) is 9.82. The standard InChI is InChI=1S/C21H29N3O2/c1-14-8-15(2)11-23(10-14)13-21(25)24-7-6-20-18(12-24)17-9-16(26-3)4-5-19(17)22-20/h4-5,9,14-15,22H,6-8,10-13H2,1-3H3/p+1/t14-,15-/m1/s1. The van der Waals surface area contributed by atoms with Crippen molar-refractivity contribution in [2.24, 2.45) is 11.8 Å². The third-order valence-electron chi connectivity index (χ3n) is 6.02. The van der Waals surface area contributed by atoms with Crippen LogP contribution in [0.25, 0.3) is 10.9 Å². The summed E-state index contributed by atoms with van der Waals surface area (Å²) >= 11 is 0. The number of nitrogens with zero attached hydrogens (tertiary/aromatic N) is 1. The van der Waals surface area contributed by atoms with Crippen molar-refractivity contribution in [1.29, 1.82) is 0 Å². The van der Waals surface area contributed by atoms with E-state index in [2.05, 4.69) is 31.0 Å². The number of amides is 1. The van der Waals surface area contributed by atoms with Crippen molar-refractivity contribution in [3.05, 3.63) is 29.5 Å². The zero-order valence-electron chi connectivity index (χ0n) is 16.1. The average molecular weight is 356 g/mol. The van der Waals surface area contributed by atoms with Gasteiger partial charge in [-0.2, -0.15) is 0 Å². The first-order chi connectivity index (χ1) is 12.5. The minimum absolute atomic E-state index is 0.296. The Hall–Kier alpha value is -2.01. The maximum absolute atomic E-state index is 12.9. The fourth-order valence-electron chi connectivity index (χ4n) is 4.93. The Kier molecular flexibility index (Phi) is 4.65. The Morgan fingerprint density at radius 2 is 2.08 bits per heavy atom. The molecule has 0 saturated carbocycles. The van der Waals surface area contributed by atoms with Crippen molar-refractivity contribution in [3.8, 4) is 5.75 Å². The molecule has 0 spiro atoms. The zero-order chi connectivity index (χ0) is 18.3. The third kappa shape index (κ3) is 3.32. The highest BCUT2D eigenvalue weighted by molar-refractivity contribution is 5.87. The summed E-state index contributed by atoms with van der Waals surface area (Å²) in [5.74, 6) is 2.60. The van der Waals surface area contributed by atoms with Gasteiger partial charge in [0.05, 0.1) is 20.2 Å². The fraction of sp³-hybridized carbons (Fsp3) is 0.571. The van der Waals surface area contributed by atoms with Gasteiger partial charge < -0.3 is 19.5 Å². The minimum Gasteiger partial charge on any atom is -0.497 e. The Balaban J connectivity index is 1.49. The van der Waals surface area contributed by atoms with Crippen LogP contribution in [0.1, 0.15) is 31.5 Å². The molecule has 140 valence electrons. The van der Waals surface area contributed by atoms with Crippen LogP contribution in [0.2, 0.25) is 0 Å². The SMILES string of the molecule is COc1ccc2[nH]c3c(c2c1)CN(C(=O)C[NH+]1C[C@H](C)C[C@@H](C)C1)CC3. The summed E-state index contributed by atoms with van der Waals surface area (Å²) in [5, 5.41) is 1.18. The maximum atomic E-state index is 12.9. The van der Waals surface area contributed by atoms with Gasteiger partial charge in [0.15, 0.2) is 6.54 Å². The van der Waals surface area contributed by atoms with E-state index in [0.717, 1.165) is 49.2 Å². The van der Waals surface area contributed by atoms with Crippen LogP contribution in [-0.4, -0.2) is 49.1 Å². The number of likely N-dealkylation sites (tertiary alicyclic amines) is 1. The molecule has 3 heterocycles. The average Bonchev–Trinajstić information content (AvgIpc) is 2.97. The van der Waals surface area contributed by atoms with Gasteiger partial charge in [-0.3, -0.25) is 4.79 Å². The third-order valence-corrected chi connectivity index (χ3v) is 6.02. The lowest BCUT2D eigenvalue weighted by Crippen LogP contribution is -3.15. The lowest BCUT2D eigenvalue weighted by molar-refractivity contribution is -0.904. The molecule has 4 rings (SSSR count). The van der Waals surface area contributed by atoms with Crippen LogP contribution < -0.4 is 9.64 Å². The molecule has 1 aromatic carbocycles. The molecule has 2 aliphatic rings. The predicted molar refractivity (Wildman–Crippen MR) is 102 cm³/mol. The fourth-order valence-corrected chi connectivity index (χ4v) is 4.93. The smallest absolute Gasteiger partial charge is 0.278 e. The summed E-state index contributed by atoms with van der Waals surface area (Å²) in [6.45, 7) is 9.03. The van der Waals surface area contributed by atoms with E-state index in [1.165, 1.54) is 28.0 Å². The normalized spacial score (nSPS) is 26.0. The number of carbonyl (C=O) groups is 1. The number of hydrogen-bond acceptors (Lipinski definition) is 2. The van der Waals surface area contributed by atoms with Crippen molar-refractivity contribution in [3.63, 3.8) is 0 Å². The number of H-pyrrole nitrogens is 1. The summed E-state index contributed by atoms with van der Waals surface area (Å²) in [5.41, 5.74) is 3.66. The van der Waals surface area contributed by atoms with E-state index in [-0.39, 0.29) is 0 Å². The molecule has 2 atom stereocenters. The molecule has 1 amide bonds. The second-order valence-electron chi connectivity index (χ2n) is 8.34. The molecule has 1 aromatic heterocycles. The Morgan fingerprint density at radius 3 is 2.81 bits per heavy atom. The van der Waals surface area contributed by atoms with Gasteiger partial charge in [-0.15, -0.1) is 0 Å². The summed E-state index contributed by atoms with van der Waals surface area (Å²) in [6, 6.07) is 6.13. The molecule has 1 saturated heterocycles. The molecule has 26 heavy (non-hydrogen) atoms. The molecule has 0 aliphatic carbocycles. The van der Waals surface area contributed by atoms with Crippen LogP contribution in [-0.2, 0) is 17.8 Å². The molecule has 2 aromatic rings. The number of piperidine rings is 1. The molecule has 2 N–H and O–H groups in total. The van der Waals surface area contributed by atoms with E-state index in [1.807, 2.05) is 11.0 Å². The van der Waals surface area contributed by atoms with Crippen LogP contribution in [0.3, 0.4) is 0 Å². The summed E-state index contributed by atoms with van der Waals surface area (Å²) in [4.78, 5) is 20.0. The quantitative estimate of drug-likeness (QED) is 0.878. The zero-order valence-corrected chi connectivity index (χ0v) is 16.1. The van der Waals surface area contributed by atoms with Crippen molar-refractivity contribution >= 4 is 16.8 Å². The van der Waals surface area contributed by atoms with Gasteiger partial charge in [-0.1, -0.05) is 13.8 Å². The molecular formula is C21H30N3O2+. The monoisotopic (exact) mass is 356 g/mol. The lowest BCUT2D eigenvalue weighted by atomic mass is 9.92. The number of aromatic amines is 1. The number of rotatable bonds is 3. The molecule has 2 aliphatic heterocycles. The van der Waals surface area contributed by atoms with Crippen molar-refractivity contribution in [2.45, 2.75) is 33.2 Å². The maximum Gasteiger partial charge on any atom is 0.278 e. The number of nitrogens with one attached hydrogen (secondary N) is 2. The van der Waals surface area contributed by atoms with Gasteiger partial charge in [-0.05, 0) is 24.6 Å². The van der Waals surface area contributed by atoms with E-state index in [9.17, 15) is 4.79 Å². The molecular weight excluding hydrogens is 326 g/mol. The number of aromatic nitrogens is 1. The number of hydrogen-bond donors (Lipinski definition) is 2. The summed E-state index contributed by atoms with van der Waals surface area (Å²) < 4.78 is 5.38. The van der Waals surface area contributed by atoms with Crippen LogP contribution in [0, 0.1) is 11.8 Å². The summed E-state index contributed by atoms with van der Waals surface area (Å²) in [7, 11) is 1.69. The van der Waals surface area contributed by atoms with Gasteiger partial charge in [0, 0.05) is 53.5 Å². The van der Waals surface area contributed by atoms with Crippen molar-refractivity contribution in [2.75, 3.05) is 33.3 Å². The molecule has 0 bridgehead atoms. The van der Waals surface area contributed by atoms with Crippen LogP contribution >= 0.6 is 0 Å². The molecule has 1 fully saturated rings. The highest BCUT2D eigenvalue weighted by atomic mass is 16.5. The first-order valence-electron chi connectivity index (χ1n) is 9.82. The van der Waals surface area contributed by atoms with E-state index >= 15 is 0 Å². The molecule has 5 nitrogen and oxygen atoms in total. The Morgan fingerprint density at radius 1 is 1.31 bits per heavy atom. The first kappa shape index (κ1) is 17.4. The van der Waals surface area contributed by atoms with Crippen LogP contribution in [0.5, 0.6) is 5.75 Å². The second kappa shape index (κ2) is 6.95. The number of benzene rings is 1. The van der Waals surface area contributed by atoms with E-state index in [1.54, 1.807) is 7.11 Å². The van der Waals surface area contributed by atoms with E-state index < -0.39 is 0 Å². The number of ether oxygens (including phenoxy) is 1. The van der Waals surface area contributed by atoms with Crippen LogP contribution in [0.15, 0.2) is 18.2 Å². The molecule has 0 unspecified atom stereocenters. The Labute approximate surface area is 155 Å². The molecule has 0 radical (unpaired) electrons. The predicted octanol–water partition coefficient (Wildman–Crippen LogP) is 1.62. The topological polar surface area (TPSA) is 49.8 Å².